The van der Waals surface area contributed by atoms with Gasteiger partial charge in [0, 0.05) is 29.0 Å². The van der Waals surface area contributed by atoms with Gasteiger partial charge in [-0.2, -0.15) is 0 Å². The summed E-state index contributed by atoms with van der Waals surface area (Å²) < 4.78 is 0. The largest absolute Gasteiger partial charge is 0.322 e. The Morgan fingerprint density at radius 1 is 0.821 bits per heavy atom. The third-order valence-corrected chi connectivity index (χ3v) is 4.56. The second kappa shape index (κ2) is 8.53. The van der Waals surface area contributed by atoms with Crippen LogP contribution in [0.1, 0.15) is 38.8 Å². The van der Waals surface area contributed by atoms with Gasteiger partial charge in [0.05, 0.1) is 0 Å². The van der Waals surface area contributed by atoms with Crippen LogP contribution < -0.4 is 10.2 Å². The number of rotatable bonds is 5. The van der Waals surface area contributed by atoms with Gasteiger partial charge in [0.25, 0.3) is 11.8 Å². The van der Waals surface area contributed by atoms with Crippen molar-refractivity contribution >= 4 is 23.2 Å². The van der Waals surface area contributed by atoms with Crippen LogP contribution in [0.2, 0.25) is 0 Å². The fourth-order valence-electron chi connectivity index (χ4n) is 3.03. The summed E-state index contributed by atoms with van der Waals surface area (Å²) in [4.78, 5) is 27.4. The van der Waals surface area contributed by atoms with Crippen molar-refractivity contribution in [1.82, 2.24) is 0 Å². The van der Waals surface area contributed by atoms with Crippen LogP contribution in [0.25, 0.3) is 0 Å². The highest BCUT2D eigenvalue weighted by molar-refractivity contribution is 6.09. The number of hydrogen-bond donors (Lipinski definition) is 1. The molecule has 4 heteroatoms. The first-order valence-electron chi connectivity index (χ1n) is 9.34. The van der Waals surface area contributed by atoms with Gasteiger partial charge in [0.15, 0.2) is 0 Å². The number of carbonyl (C=O) groups excluding carboxylic acids is 2. The average Bonchev–Trinajstić information content (AvgIpc) is 2.70. The van der Waals surface area contributed by atoms with E-state index in [0.717, 1.165) is 22.5 Å². The molecule has 0 aromatic heterocycles. The van der Waals surface area contributed by atoms with Gasteiger partial charge in [0.1, 0.15) is 0 Å². The summed E-state index contributed by atoms with van der Waals surface area (Å²) in [6.07, 6.45) is 0. The number of hydrogen-bond acceptors (Lipinski definition) is 2. The average molecular weight is 372 g/mol. The van der Waals surface area contributed by atoms with Crippen molar-refractivity contribution in [2.75, 3.05) is 16.8 Å². The maximum Gasteiger partial charge on any atom is 0.258 e. The molecule has 0 radical (unpaired) electrons. The van der Waals surface area contributed by atoms with Crippen LogP contribution in [-0.4, -0.2) is 18.4 Å². The van der Waals surface area contributed by atoms with Crippen molar-refractivity contribution < 1.29 is 9.59 Å². The van der Waals surface area contributed by atoms with Crippen LogP contribution in [0.15, 0.2) is 72.8 Å². The minimum atomic E-state index is -0.239. The molecule has 3 aromatic rings. The summed E-state index contributed by atoms with van der Waals surface area (Å²) in [6.45, 7) is 6.47. The standard InChI is InChI=1S/C24H24N2O2/c1-4-26(22-10-5-7-18(3)15-22)24(28)20-9-6-8-19(16-20)23(27)25-21-13-11-17(2)12-14-21/h5-16H,4H2,1-3H3,(H,25,27). The summed E-state index contributed by atoms with van der Waals surface area (Å²) in [6, 6.07) is 22.3. The van der Waals surface area contributed by atoms with E-state index in [9.17, 15) is 9.59 Å². The minimum Gasteiger partial charge on any atom is -0.322 e. The molecule has 0 saturated carbocycles. The molecule has 0 aliphatic heterocycles. The van der Waals surface area contributed by atoms with Gasteiger partial charge in [-0.25, -0.2) is 0 Å². The predicted molar refractivity (Wildman–Crippen MR) is 114 cm³/mol. The second-order valence-electron chi connectivity index (χ2n) is 6.79. The normalized spacial score (nSPS) is 10.4. The summed E-state index contributed by atoms with van der Waals surface area (Å²) in [7, 11) is 0. The van der Waals surface area contributed by atoms with E-state index >= 15 is 0 Å². The Bertz CT molecular complexity index is 993. The molecule has 0 fully saturated rings. The zero-order valence-electron chi connectivity index (χ0n) is 16.4. The minimum absolute atomic E-state index is 0.127. The third kappa shape index (κ3) is 4.46. The van der Waals surface area contributed by atoms with E-state index in [1.54, 1.807) is 29.2 Å². The van der Waals surface area contributed by atoms with E-state index < -0.39 is 0 Å². The monoisotopic (exact) mass is 372 g/mol. The van der Waals surface area contributed by atoms with Gasteiger partial charge in [0.2, 0.25) is 0 Å². The molecule has 0 spiro atoms. The summed E-state index contributed by atoms with van der Waals surface area (Å²) in [5, 5.41) is 2.87. The smallest absolute Gasteiger partial charge is 0.258 e. The molecule has 3 rings (SSSR count). The molecule has 2 amide bonds. The Morgan fingerprint density at radius 2 is 1.50 bits per heavy atom. The van der Waals surface area contributed by atoms with Crippen LogP contribution in [0, 0.1) is 13.8 Å². The highest BCUT2D eigenvalue weighted by Gasteiger charge is 2.18. The number of carbonyl (C=O) groups is 2. The van der Waals surface area contributed by atoms with Crippen molar-refractivity contribution in [3.63, 3.8) is 0 Å². The molecule has 0 unspecified atom stereocenters. The number of nitrogens with zero attached hydrogens (tertiary/aromatic N) is 1. The molecule has 142 valence electrons. The second-order valence-corrected chi connectivity index (χ2v) is 6.79. The Labute approximate surface area is 165 Å². The quantitative estimate of drug-likeness (QED) is 0.667. The molecule has 0 saturated heterocycles. The zero-order chi connectivity index (χ0) is 20.1. The van der Waals surface area contributed by atoms with Gasteiger partial charge in [-0.15, -0.1) is 0 Å². The number of amides is 2. The lowest BCUT2D eigenvalue weighted by Crippen LogP contribution is -2.30. The van der Waals surface area contributed by atoms with Gasteiger partial charge >= 0.3 is 0 Å². The van der Waals surface area contributed by atoms with E-state index in [1.165, 1.54) is 0 Å². The molecule has 0 heterocycles. The zero-order valence-corrected chi connectivity index (χ0v) is 16.4. The van der Waals surface area contributed by atoms with Gasteiger partial charge in [-0.1, -0.05) is 35.9 Å². The molecule has 0 atom stereocenters. The number of nitrogens with one attached hydrogen (secondary N) is 1. The first kappa shape index (κ1) is 19.4. The van der Waals surface area contributed by atoms with Crippen LogP contribution in [-0.2, 0) is 0 Å². The number of anilines is 2. The highest BCUT2D eigenvalue weighted by atomic mass is 16.2. The van der Waals surface area contributed by atoms with E-state index in [1.807, 2.05) is 69.3 Å². The van der Waals surface area contributed by atoms with Gasteiger partial charge < -0.3 is 10.2 Å². The summed E-state index contributed by atoms with van der Waals surface area (Å²) in [5.41, 5.74) is 4.73. The predicted octanol–water partition coefficient (Wildman–Crippen LogP) is 5.22. The Balaban J connectivity index is 1.82. The first-order valence-corrected chi connectivity index (χ1v) is 9.34. The molecule has 1 N–H and O–H groups in total. The van der Waals surface area contributed by atoms with Gasteiger partial charge in [-0.05, 0) is 68.8 Å². The number of benzene rings is 3. The van der Waals surface area contributed by atoms with Gasteiger partial charge in [-0.3, -0.25) is 9.59 Å². The van der Waals surface area contributed by atoms with E-state index in [-0.39, 0.29) is 11.8 Å². The number of aryl methyl sites for hydroxylation is 2. The SMILES string of the molecule is CCN(C(=O)c1cccc(C(=O)Nc2ccc(C)cc2)c1)c1cccc(C)c1. The maximum absolute atomic E-state index is 13.1. The van der Waals surface area contributed by atoms with E-state index in [2.05, 4.69) is 5.32 Å². The molecule has 28 heavy (non-hydrogen) atoms. The van der Waals surface area contributed by atoms with Crippen LogP contribution >= 0.6 is 0 Å². The van der Waals surface area contributed by atoms with E-state index in [4.69, 9.17) is 0 Å². The molecule has 0 bridgehead atoms. The van der Waals surface area contributed by atoms with Crippen molar-refractivity contribution in [3.05, 3.63) is 95.1 Å². The Morgan fingerprint density at radius 3 is 2.18 bits per heavy atom. The molecule has 0 aliphatic carbocycles. The first-order chi connectivity index (χ1) is 13.5. The summed E-state index contributed by atoms with van der Waals surface area (Å²) >= 11 is 0. The van der Waals surface area contributed by atoms with Crippen molar-refractivity contribution in [2.45, 2.75) is 20.8 Å². The van der Waals surface area contributed by atoms with E-state index in [0.29, 0.717) is 17.7 Å². The molecule has 4 nitrogen and oxygen atoms in total. The topological polar surface area (TPSA) is 49.4 Å². The Hall–Kier alpha value is -3.40. The third-order valence-electron chi connectivity index (χ3n) is 4.56. The van der Waals surface area contributed by atoms with Crippen molar-refractivity contribution in [2.24, 2.45) is 0 Å². The lowest BCUT2D eigenvalue weighted by atomic mass is 10.1. The van der Waals surface area contributed by atoms with Crippen LogP contribution in [0.3, 0.4) is 0 Å². The van der Waals surface area contributed by atoms with Crippen LogP contribution in [0.5, 0.6) is 0 Å². The highest BCUT2D eigenvalue weighted by Crippen LogP contribution is 2.19. The van der Waals surface area contributed by atoms with Crippen LogP contribution in [0.4, 0.5) is 11.4 Å². The van der Waals surface area contributed by atoms with Crippen molar-refractivity contribution in [1.29, 1.82) is 0 Å². The molecular formula is C24H24N2O2. The fraction of sp³-hybridized carbons (Fsp3) is 0.167. The molecule has 0 aliphatic rings. The molecule has 3 aromatic carbocycles. The fourth-order valence-corrected chi connectivity index (χ4v) is 3.03. The maximum atomic E-state index is 13.1. The lowest BCUT2D eigenvalue weighted by molar-refractivity contribution is 0.0988. The Kier molecular flexibility index (Phi) is 5.90. The molecular weight excluding hydrogens is 348 g/mol. The van der Waals surface area contributed by atoms with Crippen molar-refractivity contribution in [3.8, 4) is 0 Å². The lowest BCUT2D eigenvalue weighted by Gasteiger charge is -2.22. The summed E-state index contributed by atoms with van der Waals surface area (Å²) in [5.74, 6) is -0.366.